The van der Waals surface area contributed by atoms with Gasteiger partial charge in [-0.05, 0) is 41.8 Å². The number of benzene rings is 2. The quantitative estimate of drug-likeness (QED) is 0.712. The fraction of sp³-hybridized carbons (Fsp3) is 0.263. The van der Waals surface area contributed by atoms with E-state index in [0.29, 0.717) is 22.5 Å². The molecule has 140 valence electrons. The Bertz CT molecular complexity index is 957. The summed E-state index contributed by atoms with van der Waals surface area (Å²) < 4.78 is 12.6. The number of nitrogens with two attached hydrogens (primary N) is 1. The van der Waals surface area contributed by atoms with Crippen LogP contribution in [-0.4, -0.2) is 29.0 Å². The van der Waals surface area contributed by atoms with Gasteiger partial charge < -0.3 is 20.5 Å². The Morgan fingerprint density at radius 1 is 1.07 bits per heavy atom. The van der Waals surface area contributed by atoms with Crippen molar-refractivity contribution in [2.45, 2.75) is 18.5 Å². The summed E-state index contributed by atoms with van der Waals surface area (Å²) in [5.74, 6) is 2.23. The van der Waals surface area contributed by atoms with Gasteiger partial charge in [-0.2, -0.15) is 4.98 Å². The summed E-state index contributed by atoms with van der Waals surface area (Å²) in [4.78, 5) is 4.33. The molecule has 0 saturated heterocycles. The van der Waals surface area contributed by atoms with Crippen molar-refractivity contribution in [3.63, 3.8) is 0 Å². The third-order valence-electron chi connectivity index (χ3n) is 4.77. The Balaban J connectivity index is 1.75. The van der Waals surface area contributed by atoms with Crippen LogP contribution in [0.2, 0.25) is 5.02 Å². The van der Waals surface area contributed by atoms with E-state index in [9.17, 15) is 0 Å². The minimum Gasteiger partial charge on any atom is -0.493 e. The van der Waals surface area contributed by atoms with Crippen LogP contribution in [-0.2, 0) is 0 Å². The third-order valence-corrected chi connectivity index (χ3v) is 5.02. The van der Waals surface area contributed by atoms with Crippen LogP contribution in [0.3, 0.4) is 0 Å². The molecule has 0 aliphatic carbocycles. The normalized spacial score (nSPS) is 18.5. The van der Waals surface area contributed by atoms with E-state index in [4.69, 9.17) is 26.8 Å². The second-order valence-corrected chi connectivity index (χ2v) is 6.79. The first kappa shape index (κ1) is 17.5. The molecule has 1 aliphatic rings. The minimum atomic E-state index is -0.0495. The molecule has 3 N–H and O–H groups in total. The number of ether oxygens (including phenoxy) is 2. The predicted molar refractivity (Wildman–Crippen MR) is 105 cm³/mol. The number of methoxy groups -OCH3 is 2. The van der Waals surface area contributed by atoms with Gasteiger partial charge in [0.15, 0.2) is 11.5 Å². The Hall–Kier alpha value is -2.93. The number of aromatic nitrogens is 3. The highest BCUT2D eigenvalue weighted by molar-refractivity contribution is 6.30. The SMILES string of the molecule is COc1ccc([C@@H]2C[C@H](c3ccc(Cl)cc3)Nc3nc(N)nn32)cc1OC. The molecule has 0 fully saturated rings. The summed E-state index contributed by atoms with van der Waals surface area (Å²) in [5, 5.41) is 8.50. The topological polar surface area (TPSA) is 87.2 Å². The minimum absolute atomic E-state index is 0.0495. The zero-order valence-electron chi connectivity index (χ0n) is 15.0. The molecular formula is C19H20ClN5O2. The Morgan fingerprint density at radius 2 is 1.78 bits per heavy atom. The number of anilines is 2. The van der Waals surface area contributed by atoms with Crippen LogP contribution in [0, 0.1) is 0 Å². The molecule has 0 amide bonds. The molecule has 0 saturated carbocycles. The van der Waals surface area contributed by atoms with Crippen LogP contribution in [0.25, 0.3) is 0 Å². The molecule has 0 unspecified atom stereocenters. The molecule has 1 aliphatic heterocycles. The average molecular weight is 386 g/mol. The maximum Gasteiger partial charge on any atom is 0.241 e. The number of rotatable bonds is 4. The van der Waals surface area contributed by atoms with Crippen molar-refractivity contribution in [2.24, 2.45) is 0 Å². The van der Waals surface area contributed by atoms with E-state index < -0.39 is 0 Å². The number of nitrogens with one attached hydrogen (secondary N) is 1. The lowest BCUT2D eigenvalue weighted by molar-refractivity contribution is 0.352. The molecule has 4 rings (SSSR count). The number of halogens is 1. The molecule has 8 heteroatoms. The van der Waals surface area contributed by atoms with Gasteiger partial charge in [0, 0.05) is 5.02 Å². The van der Waals surface area contributed by atoms with E-state index in [1.165, 1.54) is 0 Å². The summed E-state index contributed by atoms with van der Waals surface area (Å²) in [6, 6.07) is 13.7. The van der Waals surface area contributed by atoms with Gasteiger partial charge in [-0.3, -0.25) is 0 Å². The second kappa shape index (κ2) is 7.00. The van der Waals surface area contributed by atoms with E-state index in [0.717, 1.165) is 17.5 Å². The molecule has 0 bridgehead atoms. The first-order chi connectivity index (χ1) is 13.1. The maximum atomic E-state index is 6.03. The smallest absolute Gasteiger partial charge is 0.241 e. The fourth-order valence-corrected chi connectivity index (χ4v) is 3.57. The standard InChI is InChI=1S/C19H20ClN5O2/c1-26-16-8-5-12(9-17(16)27-2)15-10-14(11-3-6-13(20)7-4-11)22-19-23-18(21)24-25(15)19/h3-9,14-15H,10H2,1-2H3,(H3,21,22,23,24)/t14-,15+/m1/s1. The molecule has 2 atom stereocenters. The van der Waals surface area contributed by atoms with Gasteiger partial charge in [-0.15, -0.1) is 5.10 Å². The van der Waals surface area contributed by atoms with Crippen molar-refractivity contribution < 1.29 is 9.47 Å². The molecule has 2 heterocycles. The van der Waals surface area contributed by atoms with Crippen molar-refractivity contribution in [3.05, 3.63) is 58.6 Å². The summed E-state index contributed by atoms with van der Waals surface area (Å²) in [6.07, 6.45) is 0.771. The maximum absolute atomic E-state index is 6.03. The van der Waals surface area contributed by atoms with Gasteiger partial charge in [0.2, 0.25) is 11.9 Å². The molecule has 7 nitrogen and oxygen atoms in total. The van der Waals surface area contributed by atoms with Crippen molar-refractivity contribution in [3.8, 4) is 11.5 Å². The Labute approximate surface area is 162 Å². The number of nitrogen functional groups attached to an aromatic ring is 1. The number of fused-ring (bicyclic) bond motifs is 1. The van der Waals surface area contributed by atoms with E-state index in [2.05, 4.69) is 15.4 Å². The highest BCUT2D eigenvalue weighted by atomic mass is 35.5. The first-order valence-corrected chi connectivity index (χ1v) is 8.92. The molecule has 2 aromatic carbocycles. The highest BCUT2D eigenvalue weighted by Gasteiger charge is 2.31. The summed E-state index contributed by atoms with van der Waals surface area (Å²) in [5.41, 5.74) is 8.02. The molecule has 3 aromatic rings. The summed E-state index contributed by atoms with van der Waals surface area (Å²) in [7, 11) is 3.24. The molecular weight excluding hydrogens is 366 g/mol. The van der Waals surface area contributed by atoms with Crippen LogP contribution in [0.4, 0.5) is 11.9 Å². The lowest BCUT2D eigenvalue weighted by atomic mass is 9.93. The monoisotopic (exact) mass is 385 g/mol. The Kier molecular flexibility index (Phi) is 4.53. The van der Waals surface area contributed by atoms with Crippen molar-refractivity contribution >= 4 is 23.5 Å². The van der Waals surface area contributed by atoms with Crippen LogP contribution < -0.4 is 20.5 Å². The average Bonchev–Trinajstić information content (AvgIpc) is 3.07. The molecule has 0 spiro atoms. The van der Waals surface area contributed by atoms with E-state index >= 15 is 0 Å². The van der Waals surface area contributed by atoms with Gasteiger partial charge in [0.05, 0.1) is 26.3 Å². The molecule has 0 radical (unpaired) electrons. The van der Waals surface area contributed by atoms with Gasteiger partial charge in [0.1, 0.15) is 0 Å². The lowest BCUT2D eigenvalue weighted by Gasteiger charge is -2.32. The Morgan fingerprint density at radius 3 is 2.48 bits per heavy atom. The fourth-order valence-electron chi connectivity index (χ4n) is 3.45. The second-order valence-electron chi connectivity index (χ2n) is 6.35. The zero-order chi connectivity index (χ0) is 19.0. The summed E-state index contributed by atoms with van der Waals surface area (Å²) >= 11 is 6.03. The van der Waals surface area contributed by atoms with Crippen LogP contribution in [0.1, 0.15) is 29.6 Å². The van der Waals surface area contributed by atoms with Crippen LogP contribution in [0.5, 0.6) is 11.5 Å². The third kappa shape index (κ3) is 3.26. The van der Waals surface area contributed by atoms with Crippen molar-refractivity contribution in [2.75, 3.05) is 25.3 Å². The van der Waals surface area contributed by atoms with Crippen LogP contribution in [0.15, 0.2) is 42.5 Å². The number of hydrogen-bond acceptors (Lipinski definition) is 6. The molecule has 27 heavy (non-hydrogen) atoms. The number of nitrogens with zero attached hydrogens (tertiary/aromatic N) is 3. The van der Waals surface area contributed by atoms with Gasteiger partial charge in [-0.1, -0.05) is 29.8 Å². The van der Waals surface area contributed by atoms with E-state index in [1.807, 2.05) is 47.1 Å². The predicted octanol–water partition coefficient (Wildman–Crippen LogP) is 3.68. The largest absolute Gasteiger partial charge is 0.493 e. The zero-order valence-corrected chi connectivity index (χ0v) is 15.8. The van der Waals surface area contributed by atoms with Gasteiger partial charge in [-0.25, -0.2) is 4.68 Å². The molecule has 1 aromatic heterocycles. The van der Waals surface area contributed by atoms with Crippen molar-refractivity contribution in [1.82, 2.24) is 14.8 Å². The van der Waals surface area contributed by atoms with E-state index in [1.54, 1.807) is 14.2 Å². The van der Waals surface area contributed by atoms with Crippen molar-refractivity contribution in [1.29, 1.82) is 0 Å². The number of hydrogen-bond donors (Lipinski definition) is 2. The lowest BCUT2D eigenvalue weighted by Crippen LogP contribution is -2.28. The van der Waals surface area contributed by atoms with Crippen LogP contribution >= 0.6 is 11.6 Å². The first-order valence-electron chi connectivity index (χ1n) is 8.55. The highest BCUT2D eigenvalue weighted by Crippen LogP contribution is 2.40. The van der Waals surface area contributed by atoms with Gasteiger partial charge >= 0.3 is 0 Å². The van der Waals surface area contributed by atoms with E-state index in [-0.39, 0.29) is 18.0 Å². The van der Waals surface area contributed by atoms with Gasteiger partial charge in [0.25, 0.3) is 0 Å². The summed E-state index contributed by atoms with van der Waals surface area (Å²) in [6.45, 7) is 0.